The first-order valence-electron chi connectivity index (χ1n) is 11.1. The number of hydrazone groups is 1. The SMILES string of the molecule is O=C(Cc1csc(Nc2cccc(C(F)(F)F)c2)n1)N/N=C\c1ccc(OCc2ccc(Cl)cc2Cl)c(Cl)c1. The largest absolute Gasteiger partial charge is 0.487 e. The highest BCUT2D eigenvalue weighted by Gasteiger charge is 2.30. The van der Waals surface area contributed by atoms with E-state index in [1.165, 1.54) is 29.7 Å². The van der Waals surface area contributed by atoms with Crippen molar-refractivity contribution in [1.82, 2.24) is 10.4 Å². The topological polar surface area (TPSA) is 75.6 Å². The average Bonchev–Trinajstić information content (AvgIpc) is 3.30. The van der Waals surface area contributed by atoms with Crippen molar-refractivity contribution in [3.63, 3.8) is 0 Å². The fourth-order valence-electron chi connectivity index (χ4n) is 3.23. The van der Waals surface area contributed by atoms with Gasteiger partial charge in [-0.2, -0.15) is 18.3 Å². The lowest BCUT2D eigenvalue weighted by molar-refractivity contribution is -0.137. The molecule has 4 aromatic rings. The van der Waals surface area contributed by atoms with Crippen molar-refractivity contribution in [2.75, 3.05) is 5.32 Å². The van der Waals surface area contributed by atoms with Crippen LogP contribution < -0.4 is 15.5 Å². The molecule has 1 heterocycles. The van der Waals surface area contributed by atoms with Crippen LogP contribution in [0.5, 0.6) is 5.75 Å². The van der Waals surface area contributed by atoms with Gasteiger partial charge in [-0.05, 0) is 54.1 Å². The first-order chi connectivity index (χ1) is 18.6. The second kappa shape index (κ2) is 12.7. The lowest BCUT2D eigenvalue weighted by Gasteiger charge is -2.10. The summed E-state index contributed by atoms with van der Waals surface area (Å²) in [5.74, 6) is 0.0232. The molecule has 6 nitrogen and oxygen atoms in total. The smallest absolute Gasteiger partial charge is 0.416 e. The van der Waals surface area contributed by atoms with Gasteiger partial charge in [-0.25, -0.2) is 10.4 Å². The number of nitrogens with zero attached hydrogens (tertiary/aromatic N) is 2. The summed E-state index contributed by atoms with van der Waals surface area (Å²) in [5, 5.41) is 10.1. The molecule has 1 aromatic heterocycles. The predicted molar refractivity (Wildman–Crippen MR) is 149 cm³/mol. The predicted octanol–water partition coefficient (Wildman–Crippen LogP) is 8.14. The number of alkyl halides is 3. The van der Waals surface area contributed by atoms with Gasteiger partial charge in [0.2, 0.25) is 5.91 Å². The monoisotopic (exact) mass is 612 g/mol. The molecule has 3 aromatic carbocycles. The van der Waals surface area contributed by atoms with Crippen LogP contribution in [0.4, 0.5) is 24.0 Å². The van der Waals surface area contributed by atoms with E-state index in [2.05, 4.69) is 20.8 Å². The van der Waals surface area contributed by atoms with Gasteiger partial charge in [-0.15, -0.1) is 11.3 Å². The zero-order valence-electron chi connectivity index (χ0n) is 19.7. The van der Waals surface area contributed by atoms with Crippen LogP contribution in [0.1, 0.15) is 22.4 Å². The van der Waals surface area contributed by atoms with Gasteiger partial charge < -0.3 is 10.1 Å². The van der Waals surface area contributed by atoms with Crippen molar-refractivity contribution in [3.8, 4) is 5.75 Å². The molecule has 13 heteroatoms. The fourth-order valence-corrected chi connectivity index (χ4v) is 4.67. The van der Waals surface area contributed by atoms with E-state index < -0.39 is 17.6 Å². The minimum absolute atomic E-state index is 0.0705. The van der Waals surface area contributed by atoms with Gasteiger partial charge in [0, 0.05) is 26.7 Å². The highest BCUT2D eigenvalue weighted by Crippen LogP contribution is 2.32. The summed E-state index contributed by atoms with van der Waals surface area (Å²) in [5.41, 5.74) is 3.69. The minimum Gasteiger partial charge on any atom is -0.487 e. The fraction of sp³-hybridized carbons (Fsp3) is 0.115. The summed E-state index contributed by atoms with van der Waals surface area (Å²) in [6.45, 7) is 0.201. The van der Waals surface area contributed by atoms with E-state index in [1.54, 1.807) is 41.8 Å². The first kappa shape index (κ1) is 28.7. The second-order valence-electron chi connectivity index (χ2n) is 8.03. The number of carbonyl (C=O) groups excluding carboxylic acids is 1. The molecule has 0 saturated heterocycles. The minimum atomic E-state index is -4.45. The van der Waals surface area contributed by atoms with Gasteiger partial charge in [-0.1, -0.05) is 46.9 Å². The van der Waals surface area contributed by atoms with Crippen LogP contribution in [0.15, 0.2) is 71.1 Å². The second-order valence-corrected chi connectivity index (χ2v) is 10.1. The van der Waals surface area contributed by atoms with Crippen LogP contribution in [0, 0.1) is 0 Å². The number of nitrogens with one attached hydrogen (secondary N) is 2. The Morgan fingerprint density at radius 3 is 2.62 bits per heavy atom. The molecule has 39 heavy (non-hydrogen) atoms. The van der Waals surface area contributed by atoms with Crippen LogP contribution in [-0.4, -0.2) is 17.1 Å². The van der Waals surface area contributed by atoms with Crippen molar-refractivity contribution in [2.24, 2.45) is 5.10 Å². The van der Waals surface area contributed by atoms with E-state index in [1.807, 2.05) is 0 Å². The number of benzene rings is 3. The molecule has 0 aliphatic rings. The maximum absolute atomic E-state index is 12.9. The van der Waals surface area contributed by atoms with Gasteiger partial charge in [0.1, 0.15) is 12.4 Å². The number of aromatic nitrogens is 1. The molecule has 0 aliphatic heterocycles. The molecule has 0 aliphatic carbocycles. The van der Waals surface area contributed by atoms with Crippen LogP contribution in [0.3, 0.4) is 0 Å². The van der Waals surface area contributed by atoms with E-state index in [9.17, 15) is 18.0 Å². The summed E-state index contributed by atoms with van der Waals surface area (Å²) in [4.78, 5) is 16.5. The average molecular weight is 614 g/mol. The third-order valence-corrected chi connectivity index (χ3v) is 6.78. The van der Waals surface area contributed by atoms with Crippen molar-refractivity contribution < 1.29 is 22.7 Å². The number of ether oxygens (including phenoxy) is 1. The summed E-state index contributed by atoms with van der Waals surface area (Å²) in [6, 6.07) is 14.9. The molecule has 0 atom stereocenters. The third kappa shape index (κ3) is 8.34. The van der Waals surface area contributed by atoms with E-state index in [-0.39, 0.29) is 18.7 Å². The van der Waals surface area contributed by atoms with Gasteiger partial charge in [0.05, 0.1) is 28.9 Å². The standard InChI is InChI=1S/C26H18Cl3F3N4O2S/c27-18-6-5-16(21(28)10-18)13-38-23-7-4-15(8-22(23)29)12-33-36-24(37)11-20-14-39-25(35-20)34-19-3-1-2-17(9-19)26(30,31)32/h1-10,12,14H,11,13H2,(H,34,35)(H,36,37)/b33-12-. The Balaban J connectivity index is 1.27. The van der Waals surface area contributed by atoms with E-state index in [4.69, 9.17) is 39.5 Å². The Bertz CT molecular complexity index is 1510. The van der Waals surface area contributed by atoms with Crippen molar-refractivity contribution in [1.29, 1.82) is 0 Å². The van der Waals surface area contributed by atoms with E-state index in [0.29, 0.717) is 37.2 Å². The van der Waals surface area contributed by atoms with Gasteiger partial charge in [0.15, 0.2) is 5.13 Å². The molecular formula is C26H18Cl3F3N4O2S. The van der Waals surface area contributed by atoms with Gasteiger partial charge in [-0.3, -0.25) is 4.79 Å². The normalized spacial score (nSPS) is 11.5. The Morgan fingerprint density at radius 2 is 1.87 bits per heavy atom. The number of amides is 1. The number of hydrogen-bond acceptors (Lipinski definition) is 6. The number of carbonyl (C=O) groups is 1. The Kier molecular flexibility index (Phi) is 9.34. The summed E-state index contributed by atoms with van der Waals surface area (Å²) in [7, 11) is 0. The lowest BCUT2D eigenvalue weighted by atomic mass is 10.2. The van der Waals surface area contributed by atoms with Crippen molar-refractivity contribution in [3.05, 3.63) is 103 Å². The Labute approximate surface area is 240 Å². The number of rotatable bonds is 9. The zero-order chi connectivity index (χ0) is 28.0. The number of anilines is 2. The van der Waals surface area contributed by atoms with Crippen LogP contribution in [0.25, 0.3) is 0 Å². The molecule has 0 saturated carbocycles. The van der Waals surface area contributed by atoms with Crippen LogP contribution in [-0.2, 0) is 24.0 Å². The summed E-state index contributed by atoms with van der Waals surface area (Å²) >= 11 is 19.5. The highest BCUT2D eigenvalue weighted by atomic mass is 35.5. The lowest BCUT2D eigenvalue weighted by Crippen LogP contribution is -2.19. The first-order valence-corrected chi connectivity index (χ1v) is 13.1. The number of thiazole rings is 1. The number of hydrogen-bond donors (Lipinski definition) is 2. The van der Waals surface area contributed by atoms with Gasteiger partial charge >= 0.3 is 6.18 Å². The number of halogens is 6. The zero-order valence-corrected chi connectivity index (χ0v) is 22.8. The molecule has 0 unspecified atom stereocenters. The Morgan fingerprint density at radius 1 is 1.05 bits per heavy atom. The maximum atomic E-state index is 12.9. The Hall–Kier alpha value is -3.31. The van der Waals surface area contributed by atoms with E-state index in [0.717, 1.165) is 17.7 Å². The molecule has 4 rings (SSSR count). The summed E-state index contributed by atoms with van der Waals surface area (Å²) < 4.78 is 44.4. The molecule has 1 amide bonds. The van der Waals surface area contributed by atoms with E-state index >= 15 is 0 Å². The molecular weight excluding hydrogens is 596 g/mol. The third-order valence-electron chi connectivity index (χ3n) is 5.09. The summed E-state index contributed by atoms with van der Waals surface area (Å²) in [6.07, 6.45) is -3.09. The maximum Gasteiger partial charge on any atom is 0.416 e. The van der Waals surface area contributed by atoms with Crippen LogP contribution >= 0.6 is 46.1 Å². The molecule has 202 valence electrons. The van der Waals surface area contributed by atoms with Crippen molar-refractivity contribution in [2.45, 2.75) is 19.2 Å². The molecule has 2 N–H and O–H groups in total. The molecule has 0 spiro atoms. The quantitative estimate of drug-likeness (QED) is 0.148. The molecule has 0 radical (unpaired) electrons. The van der Waals surface area contributed by atoms with Gasteiger partial charge in [0.25, 0.3) is 0 Å². The molecule has 0 fully saturated rings. The molecule has 0 bridgehead atoms. The highest BCUT2D eigenvalue weighted by molar-refractivity contribution is 7.13. The van der Waals surface area contributed by atoms with Crippen molar-refractivity contribution >= 4 is 69.1 Å². The van der Waals surface area contributed by atoms with Crippen LogP contribution in [0.2, 0.25) is 15.1 Å².